The van der Waals surface area contributed by atoms with Crippen molar-refractivity contribution in [2.75, 3.05) is 33.5 Å². The molecule has 5 aromatic rings. The fourth-order valence-corrected chi connectivity index (χ4v) is 4.46. The monoisotopic (exact) mass is 822 g/mol. The third kappa shape index (κ3) is 14.4. The van der Waals surface area contributed by atoms with Crippen molar-refractivity contribution in [3.05, 3.63) is 115 Å². The molecule has 0 aliphatic carbocycles. The van der Waals surface area contributed by atoms with Crippen molar-refractivity contribution in [1.29, 1.82) is 0 Å². The average Bonchev–Trinajstić information content (AvgIpc) is 3.21. The van der Waals surface area contributed by atoms with Gasteiger partial charge in [0.1, 0.15) is 51.6 Å². The summed E-state index contributed by atoms with van der Waals surface area (Å²) in [4.78, 5) is 64.0. The van der Waals surface area contributed by atoms with Crippen LogP contribution in [0.25, 0.3) is 21.9 Å². The van der Waals surface area contributed by atoms with Crippen LogP contribution in [0.2, 0.25) is 0 Å². The lowest BCUT2D eigenvalue weighted by Gasteiger charge is -2.06. The number of methoxy groups -OCH3 is 1. The van der Waals surface area contributed by atoms with Crippen molar-refractivity contribution in [3.63, 3.8) is 0 Å². The number of phenols is 3. The molecule has 17 nitrogen and oxygen atoms in total. The second kappa shape index (κ2) is 24.5. The standard InChI is InChI=1S/C13H12O5.C12H10O5.C10H16O5.C7H8O2/c1-3-17-12(15)9-6-8-4-5-10(14)7(2)11(8)18-13(9)16;1-6-9(16-2)4-3-7-5-8(11(13)14)12(15)17-10(6)7;1-4-11-9-10(15-13-6-3)7-8-14-12-5-2;1-5-6(8)3-2-4-7(5)9/h4-6,14H,3H2,1-2H3;3-5H,1-2H3,(H,13,14);9H,4-6H2,1-3H3;2-4,8-9H,1H3. The van der Waals surface area contributed by atoms with Gasteiger partial charge in [-0.25, -0.2) is 19.2 Å². The van der Waals surface area contributed by atoms with E-state index in [2.05, 4.69) is 21.8 Å². The quantitative estimate of drug-likeness (QED) is 0.0200. The molecule has 0 saturated heterocycles. The number of carbonyl (C=O) groups excluding carboxylic acids is 1. The largest absolute Gasteiger partial charge is 0.508 e. The molecule has 0 atom stereocenters. The van der Waals surface area contributed by atoms with Crippen LogP contribution in [0, 0.1) is 32.8 Å². The second-order valence-corrected chi connectivity index (χ2v) is 11.4. The highest BCUT2D eigenvalue weighted by atomic mass is 17.2. The van der Waals surface area contributed by atoms with Gasteiger partial charge >= 0.3 is 23.2 Å². The lowest BCUT2D eigenvalue weighted by atomic mass is 10.1. The van der Waals surface area contributed by atoms with E-state index >= 15 is 0 Å². The number of hydrogen-bond donors (Lipinski definition) is 4. The zero-order valence-electron chi connectivity index (χ0n) is 33.7. The van der Waals surface area contributed by atoms with Crippen LogP contribution in [0.15, 0.2) is 85.0 Å². The molecule has 316 valence electrons. The smallest absolute Gasteiger partial charge is 0.351 e. The van der Waals surface area contributed by atoms with Crippen LogP contribution in [-0.4, -0.2) is 65.9 Å². The van der Waals surface area contributed by atoms with Gasteiger partial charge in [0.15, 0.2) is 6.11 Å². The molecule has 0 bridgehead atoms. The van der Waals surface area contributed by atoms with Crippen molar-refractivity contribution in [3.8, 4) is 35.0 Å². The first-order valence-electron chi connectivity index (χ1n) is 17.8. The number of carboxylic acids is 1. The molecule has 0 spiro atoms. The number of carboxylic acid groups (broad SMARTS) is 1. The molecule has 0 fully saturated rings. The summed E-state index contributed by atoms with van der Waals surface area (Å²) in [6.07, 6.45) is 3.62. The molecule has 0 saturated carbocycles. The summed E-state index contributed by atoms with van der Waals surface area (Å²) in [6, 6.07) is 13.8. The number of benzene rings is 3. The van der Waals surface area contributed by atoms with Gasteiger partial charge in [-0.2, -0.15) is 9.78 Å². The number of aromatic hydroxyl groups is 3. The van der Waals surface area contributed by atoms with Crippen molar-refractivity contribution >= 4 is 33.9 Å². The Morgan fingerprint density at radius 2 is 1.27 bits per heavy atom. The first-order chi connectivity index (χ1) is 28.1. The summed E-state index contributed by atoms with van der Waals surface area (Å²) in [6.45, 7) is 13.7. The fraction of sp³-hybridized carbons (Fsp3) is 0.286. The third-order valence-corrected chi connectivity index (χ3v) is 7.46. The van der Waals surface area contributed by atoms with Crippen LogP contribution in [-0.2, 0) is 29.0 Å². The molecular formula is C42H46O17. The normalized spacial score (nSPS) is 10.3. The maximum absolute atomic E-state index is 11.7. The van der Waals surface area contributed by atoms with Crippen LogP contribution < -0.4 is 16.0 Å². The Kier molecular flexibility index (Phi) is 19.9. The minimum Gasteiger partial charge on any atom is -0.508 e. The minimum atomic E-state index is -1.30. The van der Waals surface area contributed by atoms with E-state index in [9.17, 15) is 24.3 Å². The molecule has 59 heavy (non-hydrogen) atoms. The Morgan fingerprint density at radius 3 is 1.81 bits per heavy atom. The summed E-state index contributed by atoms with van der Waals surface area (Å²) in [7, 11) is 1.51. The zero-order chi connectivity index (χ0) is 44.1. The Bertz CT molecular complexity index is 2380. The SMILES string of the molecule is CCOC(=O)c1cc2ccc(O)c(C)c2oc1=O.CCOC=C(C#COOCC)OOCC.COc1ccc2cc(C(=O)O)c(=O)oc2c1C.Cc1c(O)cccc1O. The number of aryl methyl sites for hydroxylation is 2. The highest BCUT2D eigenvalue weighted by molar-refractivity contribution is 5.94. The predicted octanol–water partition coefficient (Wildman–Crippen LogP) is 6.96. The first-order valence-corrected chi connectivity index (χ1v) is 17.8. The number of carbonyl (C=O) groups is 2. The molecule has 0 radical (unpaired) electrons. The molecule has 3 aromatic carbocycles. The van der Waals surface area contributed by atoms with Gasteiger partial charge in [0.25, 0.3) is 5.76 Å². The molecule has 17 heteroatoms. The Morgan fingerprint density at radius 1 is 0.712 bits per heavy atom. The van der Waals surface area contributed by atoms with Crippen LogP contribution in [0.4, 0.5) is 0 Å². The number of phenolic OH excluding ortho intramolecular Hbond substituents is 3. The topological polar surface area (TPSA) is 240 Å². The molecule has 0 unspecified atom stereocenters. The number of esters is 1. The van der Waals surface area contributed by atoms with Gasteiger partial charge in [0.2, 0.25) is 0 Å². The van der Waals surface area contributed by atoms with E-state index in [1.54, 1.807) is 65.8 Å². The summed E-state index contributed by atoms with van der Waals surface area (Å²) in [5.41, 5.74) is 0.122. The molecule has 0 aliphatic heterocycles. The van der Waals surface area contributed by atoms with Gasteiger partial charge in [0.05, 0.1) is 33.5 Å². The van der Waals surface area contributed by atoms with Crippen LogP contribution in [0.5, 0.6) is 23.0 Å². The first kappa shape index (κ1) is 48.0. The van der Waals surface area contributed by atoms with Crippen molar-refractivity contribution in [1.82, 2.24) is 0 Å². The Labute approximate surface area is 338 Å². The molecule has 5 rings (SSSR count). The predicted molar refractivity (Wildman–Crippen MR) is 213 cm³/mol. The Balaban J connectivity index is 0.000000278. The number of allylic oxidation sites excluding steroid dienone is 1. The van der Waals surface area contributed by atoms with E-state index in [0.29, 0.717) is 58.6 Å². The molecule has 0 aliphatic rings. The fourth-order valence-electron chi connectivity index (χ4n) is 4.46. The maximum atomic E-state index is 11.7. The highest BCUT2D eigenvalue weighted by Gasteiger charge is 2.17. The molecule has 2 heterocycles. The average molecular weight is 823 g/mol. The number of rotatable bonds is 11. The number of hydrogen-bond acceptors (Lipinski definition) is 16. The molecule has 0 amide bonds. The number of fused-ring (bicyclic) bond motifs is 2. The lowest BCUT2D eigenvalue weighted by molar-refractivity contribution is -0.255. The van der Waals surface area contributed by atoms with Crippen molar-refractivity contribution < 1.29 is 72.6 Å². The van der Waals surface area contributed by atoms with Crippen LogP contribution in [0.1, 0.15) is 65.1 Å². The van der Waals surface area contributed by atoms with Gasteiger partial charge < -0.3 is 48.4 Å². The van der Waals surface area contributed by atoms with E-state index < -0.39 is 23.2 Å². The number of aromatic carboxylic acids is 1. The van der Waals surface area contributed by atoms with E-state index in [4.69, 9.17) is 48.1 Å². The number of ether oxygens (including phenoxy) is 3. The lowest BCUT2D eigenvalue weighted by Crippen LogP contribution is -2.16. The third-order valence-electron chi connectivity index (χ3n) is 7.46. The zero-order valence-corrected chi connectivity index (χ0v) is 33.7. The minimum absolute atomic E-state index is 0.0366. The Hall–Kier alpha value is -7.16. The van der Waals surface area contributed by atoms with E-state index in [-0.39, 0.29) is 46.3 Å². The summed E-state index contributed by atoms with van der Waals surface area (Å²) < 4.78 is 24.9. The van der Waals surface area contributed by atoms with Crippen molar-refractivity contribution in [2.45, 2.75) is 48.5 Å². The highest BCUT2D eigenvalue weighted by Crippen LogP contribution is 2.27. The van der Waals surface area contributed by atoms with E-state index in [1.807, 2.05) is 6.92 Å². The second-order valence-electron chi connectivity index (χ2n) is 11.4. The molecular weight excluding hydrogens is 776 g/mol. The molecule has 2 aromatic heterocycles. The maximum Gasteiger partial charge on any atom is 0.351 e. The van der Waals surface area contributed by atoms with Crippen molar-refractivity contribution in [2.24, 2.45) is 0 Å². The summed E-state index contributed by atoms with van der Waals surface area (Å²) >= 11 is 0. The van der Waals surface area contributed by atoms with Crippen LogP contribution >= 0.6 is 0 Å². The van der Waals surface area contributed by atoms with Gasteiger partial charge in [-0.1, -0.05) is 6.07 Å². The van der Waals surface area contributed by atoms with Gasteiger partial charge in [0, 0.05) is 33.4 Å². The van der Waals surface area contributed by atoms with Gasteiger partial charge in [-0.15, -0.1) is 0 Å². The molecule has 4 N–H and O–H groups in total. The van der Waals surface area contributed by atoms with E-state index in [1.165, 1.54) is 43.7 Å². The summed E-state index contributed by atoms with van der Waals surface area (Å²) in [5, 5.41) is 37.3. The van der Waals surface area contributed by atoms with E-state index in [0.717, 1.165) is 0 Å². The van der Waals surface area contributed by atoms with Gasteiger partial charge in [-0.3, -0.25) is 4.89 Å². The summed E-state index contributed by atoms with van der Waals surface area (Å²) in [5.74, 6) is 1.62. The van der Waals surface area contributed by atoms with Gasteiger partial charge in [-0.05, 0) is 97.0 Å². The van der Waals surface area contributed by atoms with Crippen LogP contribution in [0.3, 0.4) is 0 Å².